The molecule has 2 rings (SSSR count). The van der Waals surface area contributed by atoms with Crippen molar-refractivity contribution in [3.8, 4) is 0 Å². The first kappa shape index (κ1) is 16.4. The molecule has 0 aromatic heterocycles. The van der Waals surface area contributed by atoms with Gasteiger partial charge in [-0.15, -0.1) is 0 Å². The van der Waals surface area contributed by atoms with Gasteiger partial charge in [-0.25, -0.2) is 0 Å². The SMILES string of the molecule is OCc1ccc([C@H](O)C[C@H](O)CN2CCC[C@H]2CO)cc1. The van der Waals surface area contributed by atoms with E-state index in [1.54, 1.807) is 24.3 Å². The molecule has 0 radical (unpaired) electrons. The second-order valence-corrected chi connectivity index (χ2v) is 5.78. The van der Waals surface area contributed by atoms with Gasteiger partial charge in [0, 0.05) is 19.0 Å². The Bertz CT molecular complexity index is 423. The summed E-state index contributed by atoms with van der Waals surface area (Å²) in [5, 5.41) is 38.6. The highest BCUT2D eigenvalue weighted by molar-refractivity contribution is 5.23. The maximum absolute atomic E-state index is 10.2. The zero-order valence-corrected chi connectivity index (χ0v) is 12.2. The smallest absolute Gasteiger partial charge is 0.0815 e. The van der Waals surface area contributed by atoms with Crippen LogP contribution in [0.1, 0.15) is 36.5 Å². The largest absolute Gasteiger partial charge is 0.395 e. The van der Waals surface area contributed by atoms with Gasteiger partial charge in [-0.05, 0) is 30.5 Å². The van der Waals surface area contributed by atoms with E-state index < -0.39 is 12.2 Å². The van der Waals surface area contributed by atoms with Gasteiger partial charge < -0.3 is 20.4 Å². The van der Waals surface area contributed by atoms with Crippen molar-refractivity contribution < 1.29 is 20.4 Å². The first-order chi connectivity index (χ1) is 10.1. The summed E-state index contributed by atoms with van der Waals surface area (Å²) < 4.78 is 0. The van der Waals surface area contributed by atoms with Gasteiger partial charge >= 0.3 is 0 Å². The average Bonchev–Trinajstić information content (AvgIpc) is 2.94. The lowest BCUT2D eigenvalue weighted by Crippen LogP contribution is -2.38. The van der Waals surface area contributed by atoms with Crippen molar-refractivity contribution in [1.29, 1.82) is 0 Å². The maximum atomic E-state index is 10.2. The third-order valence-corrected chi connectivity index (χ3v) is 4.20. The number of aliphatic hydroxyl groups excluding tert-OH is 4. The Morgan fingerprint density at radius 2 is 1.86 bits per heavy atom. The van der Waals surface area contributed by atoms with Crippen molar-refractivity contribution in [3.63, 3.8) is 0 Å². The van der Waals surface area contributed by atoms with Crippen LogP contribution in [0.25, 0.3) is 0 Å². The Morgan fingerprint density at radius 1 is 1.14 bits per heavy atom. The molecule has 0 amide bonds. The van der Waals surface area contributed by atoms with Crippen molar-refractivity contribution in [2.75, 3.05) is 19.7 Å². The summed E-state index contributed by atoms with van der Waals surface area (Å²) in [6.45, 7) is 1.48. The molecular weight excluding hydrogens is 270 g/mol. The second kappa shape index (κ2) is 7.87. The molecule has 0 bridgehead atoms. The Labute approximate surface area is 125 Å². The molecule has 0 aliphatic carbocycles. The highest BCUT2D eigenvalue weighted by Gasteiger charge is 2.26. The van der Waals surface area contributed by atoms with E-state index in [1.807, 2.05) is 0 Å². The fraction of sp³-hybridized carbons (Fsp3) is 0.625. The minimum Gasteiger partial charge on any atom is -0.395 e. The van der Waals surface area contributed by atoms with Gasteiger partial charge in [0.15, 0.2) is 0 Å². The Hall–Kier alpha value is -0.980. The molecule has 0 spiro atoms. The molecule has 4 N–H and O–H groups in total. The third kappa shape index (κ3) is 4.49. The summed E-state index contributed by atoms with van der Waals surface area (Å²) >= 11 is 0. The van der Waals surface area contributed by atoms with E-state index in [0.29, 0.717) is 6.54 Å². The van der Waals surface area contributed by atoms with E-state index in [-0.39, 0.29) is 25.7 Å². The second-order valence-electron chi connectivity index (χ2n) is 5.78. The zero-order chi connectivity index (χ0) is 15.2. The molecule has 118 valence electrons. The molecular formula is C16H25NO4. The molecule has 1 aliphatic rings. The Kier molecular flexibility index (Phi) is 6.14. The van der Waals surface area contributed by atoms with E-state index in [9.17, 15) is 15.3 Å². The molecule has 1 aliphatic heterocycles. The van der Waals surface area contributed by atoms with Gasteiger partial charge in [0.1, 0.15) is 0 Å². The van der Waals surface area contributed by atoms with Gasteiger partial charge in [-0.1, -0.05) is 24.3 Å². The number of likely N-dealkylation sites (tertiary alicyclic amines) is 1. The number of benzene rings is 1. The molecule has 0 unspecified atom stereocenters. The van der Waals surface area contributed by atoms with E-state index in [0.717, 1.165) is 30.5 Å². The normalized spacial score (nSPS) is 22.4. The number of rotatable bonds is 7. The number of aliphatic hydroxyl groups is 4. The van der Waals surface area contributed by atoms with Crippen LogP contribution in [0.4, 0.5) is 0 Å². The van der Waals surface area contributed by atoms with Crippen LogP contribution in [0, 0.1) is 0 Å². The van der Waals surface area contributed by atoms with E-state index in [4.69, 9.17) is 5.11 Å². The predicted octanol–water partition coefficient (Wildman–Crippen LogP) is 0.420. The number of hydrogen-bond acceptors (Lipinski definition) is 5. The predicted molar refractivity (Wildman–Crippen MR) is 79.6 cm³/mol. The molecule has 1 aromatic rings. The van der Waals surface area contributed by atoms with Crippen LogP contribution in [0.2, 0.25) is 0 Å². The number of nitrogens with zero attached hydrogens (tertiary/aromatic N) is 1. The van der Waals surface area contributed by atoms with Crippen molar-refractivity contribution in [2.24, 2.45) is 0 Å². The summed E-state index contributed by atoms with van der Waals surface area (Å²) in [6, 6.07) is 7.23. The topological polar surface area (TPSA) is 84.2 Å². The van der Waals surface area contributed by atoms with Gasteiger partial charge in [-0.2, -0.15) is 0 Å². The summed E-state index contributed by atoms with van der Waals surface area (Å²) in [5.41, 5.74) is 1.54. The molecule has 5 heteroatoms. The van der Waals surface area contributed by atoms with Crippen LogP contribution in [0.15, 0.2) is 24.3 Å². The fourth-order valence-corrected chi connectivity index (χ4v) is 2.93. The quantitative estimate of drug-likeness (QED) is 0.586. The van der Waals surface area contributed by atoms with Crippen LogP contribution < -0.4 is 0 Å². The van der Waals surface area contributed by atoms with Crippen molar-refractivity contribution in [2.45, 2.75) is 44.1 Å². The molecule has 3 atom stereocenters. The first-order valence-electron chi connectivity index (χ1n) is 7.54. The van der Waals surface area contributed by atoms with E-state index in [2.05, 4.69) is 4.90 Å². The van der Waals surface area contributed by atoms with Crippen LogP contribution in [-0.2, 0) is 6.61 Å². The first-order valence-corrected chi connectivity index (χ1v) is 7.54. The molecule has 1 fully saturated rings. The van der Waals surface area contributed by atoms with E-state index in [1.165, 1.54) is 0 Å². The fourth-order valence-electron chi connectivity index (χ4n) is 2.93. The van der Waals surface area contributed by atoms with Gasteiger partial charge in [0.2, 0.25) is 0 Å². The lowest BCUT2D eigenvalue weighted by molar-refractivity contribution is 0.0428. The van der Waals surface area contributed by atoms with Crippen molar-refractivity contribution in [1.82, 2.24) is 4.90 Å². The zero-order valence-electron chi connectivity index (χ0n) is 12.2. The summed E-state index contributed by atoms with van der Waals surface area (Å²) in [7, 11) is 0. The monoisotopic (exact) mass is 295 g/mol. The number of β-amino-alcohol motifs (C(OH)–C–C–N with tert-alkyl or cyclic N) is 1. The van der Waals surface area contributed by atoms with Crippen LogP contribution in [-0.4, -0.2) is 57.2 Å². The van der Waals surface area contributed by atoms with Gasteiger partial charge in [0.05, 0.1) is 25.4 Å². The summed E-state index contributed by atoms with van der Waals surface area (Å²) in [4.78, 5) is 2.09. The molecule has 1 aromatic carbocycles. The maximum Gasteiger partial charge on any atom is 0.0815 e. The average molecular weight is 295 g/mol. The van der Waals surface area contributed by atoms with Gasteiger partial charge in [0.25, 0.3) is 0 Å². The molecule has 1 heterocycles. The lowest BCUT2D eigenvalue weighted by Gasteiger charge is -2.26. The van der Waals surface area contributed by atoms with Gasteiger partial charge in [-0.3, -0.25) is 4.90 Å². The highest BCUT2D eigenvalue weighted by atomic mass is 16.3. The molecule has 0 saturated carbocycles. The molecule has 1 saturated heterocycles. The molecule has 5 nitrogen and oxygen atoms in total. The third-order valence-electron chi connectivity index (χ3n) is 4.20. The number of hydrogen-bond donors (Lipinski definition) is 4. The summed E-state index contributed by atoms with van der Waals surface area (Å²) in [6.07, 6.45) is 0.942. The standard InChI is InChI=1S/C16H25NO4/c18-10-12-3-5-13(6-4-12)16(21)8-15(20)9-17-7-1-2-14(17)11-19/h3-6,14-16,18-21H,1-2,7-11H2/t14-,15-,16+/m0/s1. The van der Waals surface area contributed by atoms with Crippen molar-refractivity contribution in [3.05, 3.63) is 35.4 Å². The Balaban J connectivity index is 1.84. The summed E-state index contributed by atoms with van der Waals surface area (Å²) in [5.74, 6) is 0. The van der Waals surface area contributed by atoms with Crippen LogP contribution in [0.5, 0.6) is 0 Å². The highest BCUT2D eigenvalue weighted by Crippen LogP contribution is 2.22. The van der Waals surface area contributed by atoms with Crippen LogP contribution in [0.3, 0.4) is 0 Å². The lowest BCUT2D eigenvalue weighted by atomic mass is 10.0. The Morgan fingerprint density at radius 3 is 2.48 bits per heavy atom. The minimum atomic E-state index is -0.720. The van der Waals surface area contributed by atoms with Crippen molar-refractivity contribution >= 4 is 0 Å². The minimum absolute atomic E-state index is 0.0174. The molecule has 21 heavy (non-hydrogen) atoms. The van der Waals surface area contributed by atoms with Crippen LogP contribution >= 0.6 is 0 Å². The van der Waals surface area contributed by atoms with E-state index >= 15 is 0 Å².